The molecule has 0 heterocycles. The van der Waals surface area contributed by atoms with E-state index in [1.165, 1.54) is 0 Å². The molecule has 1 fully saturated rings. The first-order chi connectivity index (χ1) is 8.20. The molecule has 0 aromatic heterocycles. The van der Waals surface area contributed by atoms with Gasteiger partial charge in [-0.2, -0.15) is 0 Å². The summed E-state index contributed by atoms with van der Waals surface area (Å²) in [5.41, 5.74) is 5.92. The summed E-state index contributed by atoms with van der Waals surface area (Å²) in [5, 5.41) is 0. The third kappa shape index (κ3) is 3.21. The second-order valence-electron chi connectivity index (χ2n) is 4.35. The molecule has 2 rings (SSSR count). The van der Waals surface area contributed by atoms with Crippen LogP contribution in [0.3, 0.4) is 0 Å². The Morgan fingerprint density at radius 2 is 2.29 bits per heavy atom. The van der Waals surface area contributed by atoms with Gasteiger partial charge in [0.2, 0.25) is 0 Å². The zero-order valence-electron chi connectivity index (χ0n) is 9.93. The first-order valence-corrected chi connectivity index (χ1v) is 6.79. The summed E-state index contributed by atoms with van der Waals surface area (Å²) in [5.74, 6) is 0.862. The number of rotatable bonds is 5. The largest absolute Gasteiger partial charge is 0.488 e. The highest BCUT2D eigenvalue weighted by atomic mass is 79.9. The zero-order chi connectivity index (χ0) is 12.3. The fourth-order valence-electron chi connectivity index (χ4n) is 1.93. The summed E-state index contributed by atoms with van der Waals surface area (Å²) in [6.45, 7) is 2.84. The van der Waals surface area contributed by atoms with Gasteiger partial charge < -0.3 is 15.2 Å². The van der Waals surface area contributed by atoms with Gasteiger partial charge in [0.05, 0.1) is 0 Å². The van der Waals surface area contributed by atoms with Gasteiger partial charge in [0.25, 0.3) is 0 Å². The maximum absolute atomic E-state index is 5.92. The maximum atomic E-state index is 5.92. The van der Waals surface area contributed by atoms with Crippen LogP contribution in [-0.4, -0.2) is 24.9 Å². The van der Waals surface area contributed by atoms with E-state index in [0.717, 1.165) is 29.7 Å². The number of benzene rings is 1. The minimum atomic E-state index is 0.0360. The van der Waals surface area contributed by atoms with Crippen LogP contribution in [0.15, 0.2) is 28.7 Å². The quantitative estimate of drug-likeness (QED) is 0.909. The monoisotopic (exact) mass is 299 g/mol. The van der Waals surface area contributed by atoms with E-state index in [9.17, 15) is 0 Å². The summed E-state index contributed by atoms with van der Waals surface area (Å²) in [6.07, 6.45) is 1.99. The van der Waals surface area contributed by atoms with Gasteiger partial charge >= 0.3 is 0 Å². The van der Waals surface area contributed by atoms with Crippen LogP contribution in [0.25, 0.3) is 0 Å². The zero-order valence-corrected chi connectivity index (χ0v) is 11.5. The third-order valence-electron chi connectivity index (χ3n) is 2.89. The fraction of sp³-hybridized carbons (Fsp3) is 0.538. The van der Waals surface area contributed by atoms with Crippen LogP contribution in [0, 0.1) is 0 Å². The smallest absolute Gasteiger partial charge is 0.128 e. The highest BCUT2D eigenvalue weighted by Gasteiger charge is 2.41. The molecule has 0 radical (unpaired) electrons. The Morgan fingerprint density at radius 1 is 1.47 bits per heavy atom. The minimum absolute atomic E-state index is 0.0360. The number of halogens is 1. The average Bonchev–Trinajstić information content (AvgIpc) is 2.29. The Morgan fingerprint density at radius 3 is 2.94 bits per heavy atom. The van der Waals surface area contributed by atoms with Crippen molar-refractivity contribution >= 4 is 15.9 Å². The minimum Gasteiger partial charge on any atom is -0.488 e. The molecule has 0 spiro atoms. The highest BCUT2D eigenvalue weighted by Crippen LogP contribution is 2.29. The van der Waals surface area contributed by atoms with Gasteiger partial charge in [-0.15, -0.1) is 0 Å². The summed E-state index contributed by atoms with van der Waals surface area (Å²) in [7, 11) is 0. The van der Waals surface area contributed by atoms with Crippen molar-refractivity contribution in [3.8, 4) is 5.75 Å². The fourth-order valence-corrected chi connectivity index (χ4v) is 2.31. The number of nitrogens with two attached hydrogens (primary N) is 1. The van der Waals surface area contributed by atoms with Crippen molar-refractivity contribution < 1.29 is 9.47 Å². The molecule has 1 aromatic carbocycles. The molecule has 3 nitrogen and oxygen atoms in total. The van der Waals surface area contributed by atoms with Gasteiger partial charge in [-0.3, -0.25) is 0 Å². The predicted octanol–water partition coefficient (Wildman–Crippen LogP) is 2.72. The van der Waals surface area contributed by atoms with Crippen molar-refractivity contribution in [3.63, 3.8) is 0 Å². The first kappa shape index (κ1) is 12.9. The van der Waals surface area contributed by atoms with Crippen molar-refractivity contribution in [2.45, 2.75) is 38.0 Å². The molecular formula is C13H18BrNO2. The van der Waals surface area contributed by atoms with Crippen LogP contribution < -0.4 is 10.5 Å². The molecule has 0 bridgehead atoms. The molecule has 4 heteroatoms. The van der Waals surface area contributed by atoms with Crippen molar-refractivity contribution in [1.29, 1.82) is 0 Å². The molecule has 1 saturated carbocycles. The average molecular weight is 300 g/mol. The standard InChI is InChI=1S/C13H18BrNO2/c1-2-6-16-13-11(15)8-12(13)17-10-5-3-4-9(14)7-10/h3-5,7,11-13H,2,6,8,15H2,1H3. The van der Waals surface area contributed by atoms with Crippen LogP contribution in [0.4, 0.5) is 0 Å². The maximum Gasteiger partial charge on any atom is 0.128 e. The SMILES string of the molecule is CCCOC1C(N)CC1Oc1cccc(Br)c1. The van der Waals surface area contributed by atoms with Gasteiger partial charge in [0, 0.05) is 23.5 Å². The van der Waals surface area contributed by atoms with E-state index < -0.39 is 0 Å². The number of ether oxygens (including phenoxy) is 2. The van der Waals surface area contributed by atoms with E-state index in [1.807, 2.05) is 24.3 Å². The van der Waals surface area contributed by atoms with Crippen molar-refractivity contribution in [3.05, 3.63) is 28.7 Å². The highest BCUT2D eigenvalue weighted by molar-refractivity contribution is 9.10. The normalized spacial score (nSPS) is 27.6. The Hall–Kier alpha value is -0.580. The Bertz CT molecular complexity index is 372. The second-order valence-corrected chi connectivity index (χ2v) is 5.26. The Labute approximate surface area is 110 Å². The molecular weight excluding hydrogens is 282 g/mol. The molecule has 1 aliphatic rings. The van der Waals surface area contributed by atoms with E-state index in [2.05, 4.69) is 22.9 Å². The summed E-state index contributed by atoms with van der Waals surface area (Å²) < 4.78 is 12.6. The molecule has 0 saturated heterocycles. The van der Waals surface area contributed by atoms with Crippen LogP contribution in [0.2, 0.25) is 0 Å². The van der Waals surface area contributed by atoms with Crippen molar-refractivity contribution in [2.75, 3.05) is 6.61 Å². The summed E-state index contributed by atoms with van der Waals surface area (Å²) in [4.78, 5) is 0. The van der Waals surface area contributed by atoms with Gasteiger partial charge in [-0.25, -0.2) is 0 Å². The van der Waals surface area contributed by atoms with E-state index in [1.54, 1.807) is 0 Å². The van der Waals surface area contributed by atoms with E-state index in [0.29, 0.717) is 0 Å². The lowest BCUT2D eigenvalue weighted by Crippen LogP contribution is -2.59. The third-order valence-corrected chi connectivity index (χ3v) is 3.38. The Balaban J connectivity index is 1.91. The topological polar surface area (TPSA) is 44.5 Å². The second kappa shape index (κ2) is 5.85. The van der Waals surface area contributed by atoms with Crippen molar-refractivity contribution in [2.24, 2.45) is 5.73 Å². The lowest BCUT2D eigenvalue weighted by Gasteiger charge is -2.41. The van der Waals surface area contributed by atoms with Gasteiger partial charge in [0.15, 0.2) is 0 Å². The van der Waals surface area contributed by atoms with Crippen molar-refractivity contribution in [1.82, 2.24) is 0 Å². The lowest BCUT2D eigenvalue weighted by atomic mass is 9.86. The van der Waals surface area contributed by atoms with E-state index in [4.69, 9.17) is 15.2 Å². The van der Waals surface area contributed by atoms with Crippen LogP contribution in [0.1, 0.15) is 19.8 Å². The molecule has 1 aliphatic carbocycles. The molecule has 17 heavy (non-hydrogen) atoms. The van der Waals surface area contributed by atoms with Crippen LogP contribution in [0.5, 0.6) is 5.75 Å². The predicted molar refractivity (Wildman–Crippen MR) is 71.2 cm³/mol. The molecule has 0 aliphatic heterocycles. The van der Waals surface area contributed by atoms with Crippen LogP contribution in [-0.2, 0) is 4.74 Å². The molecule has 1 aromatic rings. The van der Waals surface area contributed by atoms with Gasteiger partial charge in [-0.05, 0) is 24.6 Å². The first-order valence-electron chi connectivity index (χ1n) is 6.00. The molecule has 2 N–H and O–H groups in total. The van der Waals surface area contributed by atoms with E-state index >= 15 is 0 Å². The molecule has 3 atom stereocenters. The Kier molecular flexibility index (Phi) is 4.42. The molecule has 94 valence electrons. The number of hydrogen-bond acceptors (Lipinski definition) is 3. The summed E-state index contributed by atoms with van der Waals surface area (Å²) >= 11 is 3.42. The lowest BCUT2D eigenvalue weighted by molar-refractivity contribution is -0.0980. The molecule has 0 amide bonds. The number of hydrogen-bond donors (Lipinski definition) is 1. The van der Waals surface area contributed by atoms with Gasteiger partial charge in [-0.1, -0.05) is 28.9 Å². The van der Waals surface area contributed by atoms with E-state index in [-0.39, 0.29) is 18.2 Å². The van der Waals surface area contributed by atoms with Crippen LogP contribution >= 0.6 is 15.9 Å². The van der Waals surface area contributed by atoms with Gasteiger partial charge in [0.1, 0.15) is 18.0 Å². The summed E-state index contributed by atoms with van der Waals surface area (Å²) in [6, 6.07) is 7.95. The molecule has 3 unspecified atom stereocenters.